The van der Waals surface area contributed by atoms with Gasteiger partial charge < -0.3 is 14.4 Å². The molecule has 3 rings (SSSR count). The molecule has 23 heavy (non-hydrogen) atoms. The summed E-state index contributed by atoms with van der Waals surface area (Å²) in [5, 5.41) is 0. The van der Waals surface area contributed by atoms with Crippen molar-refractivity contribution in [2.75, 3.05) is 25.2 Å². The fraction of sp³-hybridized carbons (Fsp3) is 0.222. The van der Waals surface area contributed by atoms with Crippen molar-refractivity contribution in [2.45, 2.75) is 6.92 Å². The van der Waals surface area contributed by atoms with E-state index >= 15 is 0 Å². The summed E-state index contributed by atoms with van der Waals surface area (Å²) >= 11 is 0. The highest BCUT2D eigenvalue weighted by atomic mass is 16.5. The highest BCUT2D eigenvalue weighted by Gasteiger charge is 2.36. The second kappa shape index (κ2) is 6.12. The van der Waals surface area contributed by atoms with E-state index in [1.807, 2.05) is 13.0 Å². The van der Waals surface area contributed by atoms with Crippen molar-refractivity contribution in [3.63, 3.8) is 0 Å². The van der Waals surface area contributed by atoms with E-state index in [2.05, 4.69) is 0 Å². The minimum absolute atomic E-state index is 0.305. The largest absolute Gasteiger partial charge is 0.497 e. The molecule has 0 radical (unpaired) electrons. The second-order valence-electron chi connectivity index (χ2n) is 5.28. The molecular weight excluding hydrogens is 294 g/mol. The normalized spacial score (nSPS) is 13.2. The predicted molar refractivity (Wildman–Crippen MR) is 86.4 cm³/mol. The zero-order valence-corrected chi connectivity index (χ0v) is 13.0. The molecule has 118 valence electrons. The van der Waals surface area contributed by atoms with Crippen molar-refractivity contribution in [1.29, 1.82) is 0 Å². The van der Waals surface area contributed by atoms with Gasteiger partial charge in [-0.25, -0.2) is 0 Å². The van der Waals surface area contributed by atoms with E-state index < -0.39 is 11.7 Å². The number of fused-ring (bicyclic) bond motifs is 1. The van der Waals surface area contributed by atoms with Gasteiger partial charge in [-0.15, -0.1) is 0 Å². The Morgan fingerprint density at radius 3 is 2.39 bits per heavy atom. The Morgan fingerprint density at radius 1 is 1.00 bits per heavy atom. The number of benzene rings is 2. The Kier molecular flexibility index (Phi) is 4.02. The van der Waals surface area contributed by atoms with Crippen LogP contribution in [0.15, 0.2) is 42.5 Å². The quantitative estimate of drug-likeness (QED) is 0.797. The van der Waals surface area contributed by atoms with Crippen molar-refractivity contribution >= 4 is 17.4 Å². The van der Waals surface area contributed by atoms with Crippen molar-refractivity contribution in [3.05, 3.63) is 53.6 Å². The molecule has 1 aliphatic rings. The number of ketones is 1. The Hall–Kier alpha value is -2.82. The number of carbonyl (C=O) groups is 2. The monoisotopic (exact) mass is 311 g/mol. The van der Waals surface area contributed by atoms with Crippen LogP contribution in [0.2, 0.25) is 0 Å². The Bertz CT molecular complexity index is 752. The molecule has 5 heteroatoms. The first-order chi connectivity index (χ1) is 11.1. The van der Waals surface area contributed by atoms with E-state index in [1.54, 1.807) is 43.5 Å². The van der Waals surface area contributed by atoms with Crippen molar-refractivity contribution in [1.82, 2.24) is 0 Å². The highest BCUT2D eigenvalue weighted by molar-refractivity contribution is 6.52. The fourth-order valence-electron chi connectivity index (χ4n) is 2.68. The second-order valence-corrected chi connectivity index (χ2v) is 5.28. The summed E-state index contributed by atoms with van der Waals surface area (Å²) in [4.78, 5) is 25.7. The lowest BCUT2D eigenvalue weighted by Crippen LogP contribution is -2.33. The topological polar surface area (TPSA) is 55.8 Å². The summed E-state index contributed by atoms with van der Waals surface area (Å²) in [6.45, 7) is 2.52. The van der Waals surface area contributed by atoms with Gasteiger partial charge in [0.25, 0.3) is 11.7 Å². The van der Waals surface area contributed by atoms with Gasteiger partial charge in [-0.1, -0.05) is 12.1 Å². The standard InChI is InChI=1S/C18H17NO4/c1-12-4-3-5-15-16(12)19(18(21)17(15)20)10-11-23-14-8-6-13(22-2)7-9-14/h3-9H,10-11H2,1-2H3. The van der Waals surface area contributed by atoms with Crippen LogP contribution in [-0.2, 0) is 4.79 Å². The third-order valence-corrected chi connectivity index (χ3v) is 3.83. The zero-order chi connectivity index (χ0) is 16.4. The van der Waals surface area contributed by atoms with E-state index in [9.17, 15) is 9.59 Å². The fourth-order valence-corrected chi connectivity index (χ4v) is 2.68. The van der Waals surface area contributed by atoms with Gasteiger partial charge in [-0.3, -0.25) is 9.59 Å². The highest BCUT2D eigenvalue weighted by Crippen LogP contribution is 2.31. The maximum atomic E-state index is 12.1. The van der Waals surface area contributed by atoms with Crippen LogP contribution in [0.3, 0.4) is 0 Å². The van der Waals surface area contributed by atoms with Gasteiger partial charge in [0, 0.05) is 0 Å². The molecule has 0 atom stereocenters. The van der Waals surface area contributed by atoms with E-state index in [1.165, 1.54) is 4.90 Å². The third kappa shape index (κ3) is 2.77. The van der Waals surface area contributed by atoms with Crippen LogP contribution in [0.5, 0.6) is 11.5 Å². The number of ether oxygens (including phenoxy) is 2. The van der Waals surface area contributed by atoms with Crippen LogP contribution in [0, 0.1) is 6.92 Å². The molecule has 0 bridgehead atoms. The summed E-state index contributed by atoms with van der Waals surface area (Å²) in [7, 11) is 1.60. The maximum absolute atomic E-state index is 12.1. The Balaban J connectivity index is 1.69. The van der Waals surface area contributed by atoms with Gasteiger partial charge in [0.15, 0.2) is 0 Å². The van der Waals surface area contributed by atoms with Crippen LogP contribution in [-0.4, -0.2) is 32.0 Å². The third-order valence-electron chi connectivity index (χ3n) is 3.83. The summed E-state index contributed by atoms with van der Waals surface area (Å²) < 4.78 is 10.7. The first-order valence-corrected chi connectivity index (χ1v) is 7.34. The molecular formula is C18H17NO4. The molecule has 0 unspecified atom stereocenters. The Morgan fingerprint density at radius 2 is 1.70 bits per heavy atom. The van der Waals surface area contributed by atoms with Crippen LogP contribution < -0.4 is 14.4 Å². The van der Waals surface area contributed by atoms with Crippen LogP contribution in [0.25, 0.3) is 0 Å². The minimum atomic E-state index is -0.493. The van der Waals surface area contributed by atoms with E-state index in [0.29, 0.717) is 30.2 Å². The van der Waals surface area contributed by atoms with Gasteiger partial charge in [0.05, 0.1) is 24.9 Å². The average molecular weight is 311 g/mol. The minimum Gasteiger partial charge on any atom is -0.497 e. The molecule has 0 N–H and O–H groups in total. The van der Waals surface area contributed by atoms with E-state index in [4.69, 9.17) is 9.47 Å². The van der Waals surface area contributed by atoms with Gasteiger partial charge in [-0.05, 0) is 42.8 Å². The summed E-state index contributed by atoms with van der Waals surface area (Å²) in [5.41, 5.74) is 2.08. The first-order valence-electron chi connectivity index (χ1n) is 7.34. The maximum Gasteiger partial charge on any atom is 0.299 e. The number of hydrogen-bond donors (Lipinski definition) is 0. The summed E-state index contributed by atoms with van der Waals surface area (Å²) in [5.74, 6) is 0.497. The number of amides is 1. The van der Waals surface area contributed by atoms with E-state index in [-0.39, 0.29) is 0 Å². The summed E-state index contributed by atoms with van der Waals surface area (Å²) in [6, 6.07) is 12.6. The molecule has 0 saturated heterocycles. The van der Waals surface area contributed by atoms with Crippen molar-refractivity contribution in [2.24, 2.45) is 0 Å². The molecule has 1 aliphatic heterocycles. The lowest BCUT2D eigenvalue weighted by molar-refractivity contribution is -0.114. The molecule has 0 spiro atoms. The van der Waals surface area contributed by atoms with Gasteiger partial charge in [-0.2, -0.15) is 0 Å². The number of para-hydroxylation sites is 1. The molecule has 2 aromatic carbocycles. The molecule has 1 amide bonds. The number of Topliss-reactive ketones (excluding diaryl/α,β-unsaturated/α-hetero) is 1. The SMILES string of the molecule is COc1ccc(OCCN2C(=O)C(=O)c3cccc(C)c32)cc1. The number of aryl methyl sites for hydroxylation is 1. The number of nitrogens with zero attached hydrogens (tertiary/aromatic N) is 1. The number of rotatable bonds is 5. The number of anilines is 1. The predicted octanol–water partition coefficient (Wildman–Crippen LogP) is 2.61. The smallest absolute Gasteiger partial charge is 0.299 e. The molecule has 0 fully saturated rings. The van der Waals surface area contributed by atoms with Gasteiger partial charge in [0.1, 0.15) is 18.1 Å². The van der Waals surface area contributed by atoms with Crippen LogP contribution >= 0.6 is 0 Å². The average Bonchev–Trinajstić information content (AvgIpc) is 2.82. The zero-order valence-electron chi connectivity index (χ0n) is 13.0. The number of hydrogen-bond acceptors (Lipinski definition) is 4. The lowest BCUT2D eigenvalue weighted by atomic mass is 10.1. The molecule has 0 aliphatic carbocycles. The van der Waals surface area contributed by atoms with Gasteiger partial charge in [0.2, 0.25) is 0 Å². The van der Waals surface area contributed by atoms with Gasteiger partial charge >= 0.3 is 0 Å². The Labute approximate surface area is 134 Å². The van der Waals surface area contributed by atoms with Crippen LogP contribution in [0.1, 0.15) is 15.9 Å². The van der Waals surface area contributed by atoms with Crippen molar-refractivity contribution < 1.29 is 19.1 Å². The molecule has 0 saturated carbocycles. The van der Waals surface area contributed by atoms with E-state index in [0.717, 1.165) is 11.3 Å². The van der Waals surface area contributed by atoms with Crippen LogP contribution in [0.4, 0.5) is 5.69 Å². The number of carbonyl (C=O) groups excluding carboxylic acids is 2. The van der Waals surface area contributed by atoms with Crippen molar-refractivity contribution in [3.8, 4) is 11.5 Å². The number of methoxy groups -OCH3 is 1. The lowest BCUT2D eigenvalue weighted by Gasteiger charge is -2.18. The summed E-state index contributed by atoms with van der Waals surface area (Å²) in [6.07, 6.45) is 0. The molecule has 1 heterocycles. The molecule has 0 aromatic heterocycles. The molecule has 2 aromatic rings. The molecule has 5 nitrogen and oxygen atoms in total. The first kappa shape index (κ1) is 15.1.